The van der Waals surface area contributed by atoms with Crippen LogP contribution >= 0.6 is 0 Å². The number of rotatable bonds is 6. The molecule has 3 aromatic carbocycles. The van der Waals surface area contributed by atoms with Gasteiger partial charge in [0.05, 0.1) is 24.4 Å². The van der Waals surface area contributed by atoms with Gasteiger partial charge in [-0.1, -0.05) is 42.5 Å². The zero-order valence-electron chi connectivity index (χ0n) is 19.3. The molecular formula is C27H29N3O2. The fourth-order valence-electron chi connectivity index (χ4n) is 4.15. The Labute approximate surface area is 189 Å². The van der Waals surface area contributed by atoms with Crippen LogP contribution in [0, 0.1) is 13.8 Å². The molecule has 0 aliphatic carbocycles. The molecule has 0 radical (unpaired) electrons. The van der Waals surface area contributed by atoms with Gasteiger partial charge in [-0.3, -0.25) is 4.79 Å². The molecule has 0 fully saturated rings. The number of likely N-dealkylation sites (N-methyl/N-ethyl adjacent to an activating group) is 1. The van der Waals surface area contributed by atoms with Crippen LogP contribution in [0.3, 0.4) is 0 Å². The Bertz CT molecular complexity index is 1260. The van der Waals surface area contributed by atoms with Gasteiger partial charge in [-0.05, 0) is 61.4 Å². The Hall–Kier alpha value is -3.60. The molecule has 5 heteroatoms. The number of benzene rings is 3. The van der Waals surface area contributed by atoms with Gasteiger partial charge >= 0.3 is 0 Å². The minimum atomic E-state index is -0.240. The molecular weight excluding hydrogens is 398 g/mol. The summed E-state index contributed by atoms with van der Waals surface area (Å²) >= 11 is 0. The third-order valence-electron chi connectivity index (χ3n) is 6.16. The molecule has 0 aliphatic rings. The average Bonchev–Trinajstić information content (AvgIpc) is 3.11. The summed E-state index contributed by atoms with van der Waals surface area (Å²) in [6.45, 7) is 6.55. The minimum absolute atomic E-state index is 0.0872. The molecule has 164 valence electrons. The molecule has 0 spiro atoms. The van der Waals surface area contributed by atoms with Gasteiger partial charge in [0, 0.05) is 24.8 Å². The van der Waals surface area contributed by atoms with Crippen molar-refractivity contribution in [2.45, 2.75) is 33.2 Å². The second-order valence-electron chi connectivity index (χ2n) is 8.29. The van der Waals surface area contributed by atoms with Crippen LogP contribution in [0.1, 0.15) is 35.4 Å². The molecule has 1 amide bonds. The lowest BCUT2D eigenvalue weighted by Crippen LogP contribution is -2.30. The maximum absolute atomic E-state index is 13.3. The largest absolute Gasteiger partial charge is 0.497 e. The van der Waals surface area contributed by atoms with E-state index < -0.39 is 0 Å². The van der Waals surface area contributed by atoms with E-state index in [4.69, 9.17) is 9.84 Å². The lowest BCUT2D eigenvalue weighted by atomic mass is 9.96. The van der Waals surface area contributed by atoms with Gasteiger partial charge < -0.3 is 9.64 Å². The van der Waals surface area contributed by atoms with E-state index in [9.17, 15) is 4.79 Å². The van der Waals surface area contributed by atoms with Crippen molar-refractivity contribution >= 4 is 16.7 Å². The van der Waals surface area contributed by atoms with Crippen LogP contribution in [-0.4, -0.2) is 34.7 Å². The van der Waals surface area contributed by atoms with E-state index >= 15 is 0 Å². The van der Waals surface area contributed by atoms with Crippen molar-refractivity contribution in [3.63, 3.8) is 0 Å². The number of hydrogen-bond acceptors (Lipinski definition) is 3. The van der Waals surface area contributed by atoms with Crippen molar-refractivity contribution in [2.75, 3.05) is 14.2 Å². The number of ether oxygens (including phenoxy) is 1. The standard InChI is InChI=1S/C27H29N3O2/c1-18(21-11-12-23-16-25(32-5)14-13-22(23)15-21)27(31)29(4)17-26-19(2)28-30(20(26)3)24-9-7-6-8-10-24/h6-16,18H,17H2,1-5H3/t18-/m0/s1. The Kier molecular flexibility index (Phi) is 5.99. The van der Waals surface area contributed by atoms with Crippen LogP contribution in [0.4, 0.5) is 0 Å². The predicted molar refractivity (Wildman–Crippen MR) is 128 cm³/mol. The van der Waals surface area contributed by atoms with Crippen LogP contribution < -0.4 is 4.74 Å². The Morgan fingerprint density at radius 3 is 2.44 bits per heavy atom. The normalized spacial score (nSPS) is 12.0. The van der Waals surface area contributed by atoms with Crippen molar-refractivity contribution in [1.82, 2.24) is 14.7 Å². The quantitative estimate of drug-likeness (QED) is 0.413. The lowest BCUT2D eigenvalue weighted by Gasteiger charge is -2.22. The number of amides is 1. The maximum Gasteiger partial charge on any atom is 0.229 e. The van der Waals surface area contributed by atoms with Gasteiger partial charge in [0.15, 0.2) is 0 Å². The number of aryl methyl sites for hydroxylation is 1. The lowest BCUT2D eigenvalue weighted by molar-refractivity contribution is -0.131. The number of methoxy groups -OCH3 is 1. The Balaban J connectivity index is 1.54. The van der Waals surface area contributed by atoms with Crippen molar-refractivity contribution in [3.8, 4) is 11.4 Å². The van der Waals surface area contributed by atoms with E-state index in [1.165, 1.54) is 0 Å². The number of carbonyl (C=O) groups excluding carboxylic acids is 1. The molecule has 4 aromatic rings. The number of hydrogen-bond donors (Lipinski definition) is 0. The number of aromatic nitrogens is 2. The molecule has 0 saturated heterocycles. The van der Waals surface area contributed by atoms with Crippen LogP contribution in [0.2, 0.25) is 0 Å². The summed E-state index contributed by atoms with van der Waals surface area (Å²) in [7, 11) is 3.53. The third kappa shape index (κ3) is 4.11. The van der Waals surface area contributed by atoms with E-state index in [1.807, 2.05) is 80.2 Å². The van der Waals surface area contributed by atoms with E-state index in [1.54, 1.807) is 12.0 Å². The Morgan fingerprint density at radius 1 is 1.03 bits per heavy atom. The highest BCUT2D eigenvalue weighted by atomic mass is 16.5. The Morgan fingerprint density at radius 2 is 1.72 bits per heavy atom. The predicted octanol–water partition coefficient (Wildman–Crippen LogP) is 5.41. The molecule has 0 saturated carbocycles. The van der Waals surface area contributed by atoms with Gasteiger partial charge in [0.1, 0.15) is 5.75 Å². The van der Waals surface area contributed by atoms with E-state index in [-0.39, 0.29) is 11.8 Å². The zero-order chi connectivity index (χ0) is 22.8. The number of nitrogens with zero attached hydrogens (tertiary/aromatic N) is 3. The van der Waals surface area contributed by atoms with E-state index in [2.05, 4.69) is 19.1 Å². The number of para-hydroxylation sites is 1. The first kappa shape index (κ1) is 21.6. The van der Waals surface area contributed by atoms with Gasteiger partial charge in [-0.25, -0.2) is 4.68 Å². The van der Waals surface area contributed by atoms with Gasteiger partial charge in [-0.2, -0.15) is 5.10 Å². The van der Waals surface area contributed by atoms with Crippen molar-refractivity contribution < 1.29 is 9.53 Å². The highest BCUT2D eigenvalue weighted by molar-refractivity contribution is 5.88. The van der Waals surface area contributed by atoms with Crippen molar-refractivity contribution in [3.05, 3.63) is 89.2 Å². The summed E-state index contributed by atoms with van der Waals surface area (Å²) in [6, 6.07) is 22.2. The van der Waals surface area contributed by atoms with Crippen molar-refractivity contribution in [2.24, 2.45) is 0 Å². The second-order valence-corrected chi connectivity index (χ2v) is 8.29. The monoisotopic (exact) mass is 427 g/mol. The van der Waals surface area contributed by atoms with Crippen LogP contribution in [0.5, 0.6) is 5.75 Å². The van der Waals surface area contributed by atoms with Gasteiger partial charge in [0.2, 0.25) is 5.91 Å². The van der Waals surface area contributed by atoms with Gasteiger partial charge in [0.25, 0.3) is 0 Å². The third-order valence-corrected chi connectivity index (χ3v) is 6.16. The molecule has 32 heavy (non-hydrogen) atoms. The van der Waals surface area contributed by atoms with Crippen molar-refractivity contribution in [1.29, 1.82) is 0 Å². The van der Waals surface area contributed by atoms with E-state index in [0.717, 1.165) is 44.7 Å². The summed E-state index contributed by atoms with van der Waals surface area (Å²) in [5.41, 5.74) is 5.11. The first-order chi connectivity index (χ1) is 15.4. The molecule has 1 atom stereocenters. The molecule has 4 rings (SSSR count). The van der Waals surface area contributed by atoms with Crippen LogP contribution in [-0.2, 0) is 11.3 Å². The average molecular weight is 428 g/mol. The first-order valence-electron chi connectivity index (χ1n) is 10.8. The summed E-state index contributed by atoms with van der Waals surface area (Å²) in [6.07, 6.45) is 0. The molecule has 1 aromatic heterocycles. The molecule has 1 heterocycles. The molecule has 0 aliphatic heterocycles. The fraction of sp³-hybridized carbons (Fsp3) is 0.259. The highest BCUT2D eigenvalue weighted by Gasteiger charge is 2.22. The molecule has 0 N–H and O–H groups in total. The molecule has 0 unspecified atom stereocenters. The second kappa shape index (κ2) is 8.87. The SMILES string of the molecule is COc1ccc2cc([C@H](C)C(=O)N(C)Cc3c(C)nn(-c4ccccc4)c3C)ccc2c1. The summed E-state index contributed by atoms with van der Waals surface area (Å²) < 4.78 is 7.26. The number of fused-ring (bicyclic) bond motifs is 1. The van der Waals surface area contributed by atoms with Crippen LogP contribution in [0.15, 0.2) is 66.7 Å². The number of carbonyl (C=O) groups is 1. The fourth-order valence-corrected chi connectivity index (χ4v) is 4.15. The topological polar surface area (TPSA) is 47.4 Å². The maximum atomic E-state index is 13.3. The zero-order valence-corrected chi connectivity index (χ0v) is 19.3. The van der Waals surface area contributed by atoms with Crippen LogP contribution in [0.25, 0.3) is 16.5 Å². The van der Waals surface area contributed by atoms with E-state index in [0.29, 0.717) is 6.54 Å². The minimum Gasteiger partial charge on any atom is -0.497 e. The molecule has 5 nitrogen and oxygen atoms in total. The summed E-state index contributed by atoms with van der Waals surface area (Å²) in [5, 5.41) is 6.91. The molecule has 0 bridgehead atoms. The van der Waals surface area contributed by atoms with Gasteiger partial charge in [-0.15, -0.1) is 0 Å². The summed E-state index contributed by atoms with van der Waals surface area (Å²) in [4.78, 5) is 15.1. The summed E-state index contributed by atoms with van der Waals surface area (Å²) in [5.74, 6) is 0.677. The highest BCUT2D eigenvalue weighted by Crippen LogP contribution is 2.27. The first-order valence-corrected chi connectivity index (χ1v) is 10.8. The smallest absolute Gasteiger partial charge is 0.229 e.